The van der Waals surface area contributed by atoms with Crippen molar-refractivity contribution in [3.8, 4) is 0 Å². The summed E-state index contributed by atoms with van der Waals surface area (Å²) < 4.78 is 6.03. The van der Waals surface area contributed by atoms with Crippen molar-refractivity contribution in [2.75, 3.05) is 39.3 Å². The van der Waals surface area contributed by atoms with E-state index in [4.69, 9.17) is 39.5 Å². The van der Waals surface area contributed by atoms with Crippen molar-refractivity contribution in [2.45, 2.75) is 31.9 Å². The Morgan fingerprint density at radius 2 is 1.72 bits per heavy atom. The number of ether oxygens (including phenoxy) is 1. The summed E-state index contributed by atoms with van der Waals surface area (Å²) >= 11 is 20.7. The highest BCUT2D eigenvalue weighted by atomic mass is 35.5. The second-order valence-corrected chi connectivity index (χ2v) is 12.2. The molecular formula is C29H33Cl3N2OS. The highest BCUT2D eigenvalue weighted by molar-refractivity contribution is 7.08. The van der Waals surface area contributed by atoms with Crippen LogP contribution in [0.25, 0.3) is 0 Å². The van der Waals surface area contributed by atoms with E-state index in [1.54, 1.807) is 11.3 Å². The molecule has 3 aromatic rings. The molecular weight excluding hydrogens is 531 g/mol. The van der Waals surface area contributed by atoms with Gasteiger partial charge in [-0.25, -0.2) is 0 Å². The highest BCUT2D eigenvalue weighted by Gasteiger charge is 2.36. The summed E-state index contributed by atoms with van der Waals surface area (Å²) in [4.78, 5) is 5.24. The number of hydrogen-bond acceptors (Lipinski definition) is 4. The molecule has 3 heterocycles. The minimum Gasteiger partial charge on any atom is -0.376 e. The number of benzene rings is 2. The Morgan fingerprint density at radius 3 is 2.47 bits per heavy atom. The molecule has 36 heavy (non-hydrogen) atoms. The Morgan fingerprint density at radius 1 is 0.889 bits per heavy atom. The van der Waals surface area contributed by atoms with Crippen LogP contribution in [0.15, 0.2) is 59.3 Å². The van der Waals surface area contributed by atoms with Gasteiger partial charge >= 0.3 is 0 Å². The molecule has 2 saturated heterocycles. The summed E-state index contributed by atoms with van der Waals surface area (Å²) in [5.74, 6) is 1.82. The molecule has 0 aliphatic carbocycles. The fraction of sp³-hybridized carbons (Fsp3) is 0.448. The van der Waals surface area contributed by atoms with Gasteiger partial charge in [-0.3, -0.25) is 4.90 Å². The smallest absolute Gasteiger partial charge is 0.0731 e. The molecule has 0 amide bonds. The maximum atomic E-state index is 6.49. The van der Waals surface area contributed by atoms with Gasteiger partial charge in [0.05, 0.1) is 6.61 Å². The van der Waals surface area contributed by atoms with Crippen LogP contribution in [-0.4, -0.2) is 49.1 Å². The van der Waals surface area contributed by atoms with Crippen LogP contribution in [0.2, 0.25) is 15.1 Å². The molecule has 3 nitrogen and oxygen atoms in total. The van der Waals surface area contributed by atoms with Crippen LogP contribution >= 0.6 is 46.1 Å². The molecule has 2 atom stereocenters. The minimum absolute atomic E-state index is 0.569. The summed E-state index contributed by atoms with van der Waals surface area (Å²) in [5, 5.41) is 6.78. The average molecular weight is 564 g/mol. The van der Waals surface area contributed by atoms with E-state index in [1.165, 1.54) is 18.4 Å². The third kappa shape index (κ3) is 6.85. The number of likely N-dealkylation sites (tertiary alicyclic amines) is 2. The second kappa shape index (κ2) is 12.6. The number of halogens is 3. The normalized spacial score (nSPS) is 21.9. The van der Waals surface area contributed by atoms with E-state index in [1.807, 2.05) is 36.4 Å². The Labute approximate surface area is 233 Å². The van der Waals surface area contributed by atoms with Crippen molar-refractivity contribution in [1.29, 1.82) is 0 Å². The first-order valence-corrected chi connectivity index (χ1v) is 14.8. The van der Waals surface area contributed by atoms with Crippen LogP contribution in [-0.2, 0) is 17.9 Å². The lowest BCUT2D eigenvalue weighted by Gasteiger charge is -2.34. The van der Waals surface area contributed by atoms with E-state index in [2.05, 4.69) is 32.7 Å². The van der Waals surface area contributed by atoms with Gasteiger partial charge in [0, 0.05) is 53.8 Å². The molecule has 2 unspecified atom stereocenters. The fourth-order valence-corrected chi connectivity index (χ4v) is 7.03. The van der Waals surface area contributed by atoms with E-state index in [9.17, 15) is 0 Å². The van der Waals surface area contributed by atoms with E-state index in [-0.39, 0.29) is 0 Å². The van der Waals surface area contributed by atoms with E-state index < -0.39 is 0 Å². The van der Waals surface area contributed by atoms with Crippen LogP contribution in [0.5, 0.6) is 0 Å². The van der Waals surface area contributed by atoms with E-state index >= 15 is 0 Å². The first-order valence-electron chi connectivity index (χ1n) is 12.8. The lowest BCUT2D eigenvalue weighted by molar-refractivity contribution is 0.0542. The van der Waals surface area contributed by atoms with Crippen LogP contribution in [0, 0.1) is 11.8 Å². The van der Waals surface area contributed by atoms with Gasteiger partial charge in [-0.15, -0.1) is 0 Å². The Hall–Kier alpha value is -1.11. The summed E-state index contributed by atoms with van der Waals surface area (Å²) in [6.45, 7) is 7.91. The van der Waals surface area contributed by atoms with Gasteiger partial charge in [0.2, 0.25) is 0 Å². The molecule has 0 N–H and O–H groups in total. The number of nitrogens with zero attached hydrogens (tertiary/aromatic N) is 2. The van der Waals surface area contributed by atoms with Crippen LogP contribution in [0.1, 0.15) is 35.4 Å². The Bertz CT molecular complexity index is 1120. The molecule has 2 aliphatic heterocycles. The zero-order valence-electron chi connectivity index (χ0n) is 20.4. The first kappa shape index (κ1) is 26.5. The van der Waals surface area contributed by atoms with Crippen molar-refractivity contribution in [2.24, 2.45) is 11.8 Å². The molecule has 7 heteroatoms. The maximum Gasteiger partial charge on any atom is 0.0731 e. The van der Waals surface area contributed by atoms with Crippen molar-refractivity contribution in [3.63, 3.8) is 0 Å². The van der Waals surface area contributed by atoms with E-state index in [0.29, 0.717) is 29.4 Å². The standard InChI is InChI=1S/C29H33Cl3N2OS/c30-26-6-5-22(29(32)13-26)14-34-16-25(27(17-34)24-9-12-36-20-24)15-33-10-7-21(8-11-33)18-35-19-23-3-1-2-4-28(23)31/h1-6,9,12-13,20-21,25,27H,7-8,10-11,14-19H2. The third-order valence-electron chi connectivity index (χ3n) is 7.67. The van der Waals surface area contributed by atoms with Gasteiger partial charge in [-0.2, -0.15) is 11.3 Å². The fourth-order valence-electron chi connectivity index (χ4n) is 5.65. The van der Waals surface area contributed by atoms with Gasteiger partial charge in [0.1, 0.15) is 0 Å². The quantitative estimate of drug-likeness (QED) is 0.264. The van der Waals surface area contributed by atoms with Crippen LogP contribution in [0.3, 0.4) is 0 Å². The van der Waals surface area contributed by atoms with Gasteiger partial charge in [-0.1, -0.05) is 59.1 Å². The zero-order valence-corrected chi connectivity index (χ0v) is 23.5. The SMILES string of the molecule is Clc1ccc(CN2CC(CN3CCC(COCc4ccccc4Cl)CC3)C(c3ccsc3)C2)c(Cl)c1. The summed E-state index contributed by atoms with van der Waals surface area (Å²) in [6, 6.07) is 16.1. The number of hydrogen-bond donors (Lipinski definition) is 0. The average Bonchev–Trinajstić information content (AvgIpc) is 3.53. The number of piperidine rings is 1. The predicted octanol–water partition coefficient (Wildman–Crippen LogP) is 7.85. The first-order chi connectivity index (χ1) is 17.5. The number of rotatable bonds is 9. The molecule has 2 aliphatic rings. The molecule has 192 valence electrons. The molecule has 0 radical (unpaired) electrons. The third-order valence-corrected chi connectivity index (χ3v) is 9.32. The molecule has 5 rings (SSSR count). The summed E-state index contributed by atoms with van der Waals surface area (Å²) in [7, 11) is 0. The largest absolute Gasteiger partial charge is 0.376 e. The van der Waals surface area contributed by atoms with Crippen molar-refractivity contribution < 1.29 is 4.74 Å². The maximum absolute atomic E-state index is 6.49. The lowest BCUT2D eigenvalue weighted by atomic mass is 9.89. The molecule has 2 aromatic carbocycles. The zero-order chi connectivity index (χ0) is 24.9. The predicted molar refractivity (Wildman–Crippen MR) is 153 cm³/mol. The highest BCUT2D eigenvalue weighted by Crippen LogP contribution is 2.36. The topological polar surface area (TPSA) is 15.7 Å². The second-order valence-electron chi connectivity index (χ2n) is 10.2. The monoisotopic (exact) mass is 562 g/mol. The van der Waals surface area contributed by atoms with Gasteiger partial charge < -0.3 is 9.64 Å². The summed E-state index contributed by atoms with van der Waals surface area (Å²) in [6.07, 6.45) is 2.39. The number of thiophene rings is 1. The molecule has 0 bridgehead atoms. The Balaban J connectivity index is 1.13. The Kier molecular flexibility index (Phi) is 9.29. The lowest BCUT2D eigenvalue weighted by Crippen LogP contribution is -2.39. The van der Waals surface area contributed by atoms with Gasteiger partial charge in [0.25, 0.3) is 0 Å². The molecule has 0 spiro atoms. The van der Waals surface area contributed by atoms with E-state index in [0.717, 1.165) is 67.0 Å². The van der Waals surface area contributed by atoms with Crippen LogP contribution < -0.4 is 0 Å². The van der Waals surface area contributed by atoms with Crippen molar-refractivity contribution in [1.82, 2.24) is 9.80 Å². The van der Waals surface area contributed by atoms with Gasteiger partial charge in [0.15, 0.2) is 0 Å². The van der Waals surface area contributed by atoms with Gasteiger partial charge in [-0.05, 0) is 89.5 Å². The summed E-state index contributed by atoms with van der Waals surface area (Å²) in [5.41, 5.74) is 3.71. The molecule has 0 saturated carbocycles. The van der Waals surface area contributed by atoms with Crippen LogP contribution in [0.4, 0.5) is 0 Å². The molecule has 2 fully saturated rings. The van der Waals surface area contributed by atoms with Crippen molar-refractivity contribution >= 4 is 46.1 Å². The molecule has 1 aromatic heterocycles. The van der Waals surface area contributed by atoms with Crippen molar-refractivity contribution in [3.05, 3.63) is 91.0 Å². The minimum atomic E-state index is 0.569.